The number of nitrogens with two attached hydrogens (primary N) is 1. The lowest BCUT2D eigenvalue weighted by atomic mass is 9.87. The Morgan fingerprint density at radius 3 is 2.30 bits per heavy atom. The molecule has 0 saturated carbocycles. The molecule has 3 nitrogen and oxygen atoms in total. The lowest BCUT2D eigenvalue weighted by molar-refractivity contribution is -0.128. The number of carbonyl (C=O) groups is 1. The molecule has 1 aromatic carbocycles. The molecule has 0 aliphatic heterocycles. The number of hydrogen-bond donors (Lipinski definition) is 1. The van der Waals surface area contributed by atoms with E-state index in [4.69, 9.17) is 5.73 Å². The predicted molar refractivity (Wildman–Crippen MR) is 87.2 cm³/mol. The zero-order valence-corrected chi connectivity index (χ0v) is 14.0. The minimum absolute atomic E-state index is 0.0892. The topological polar surface area (TPSA) is 46.3 Å². The highest BCUT2D eigenvalue weighted by Crippen LogP contribution is 2.25. The second-order valence-electron chi connectivity index (χ2n) is 6.15. The van der Waals surface area contributed by atoms with E-state index in [1.165, 1.54) is 5.56 Å². The third-order valence-electron chi connectivity index (χ3n) is 3.48. The molecule has 2 N–H and O–H groups in total. The Morgan fingerprint density at radius 2 is 1.85 bits per heavy atom. The molecule has 112 valence electrons. The van der Waals surface area contributed by atoms with E-state index in [0.717, 1.165) is 4.90 Å². The Hall–Kier alpha value is -1.00. The summed E-state index contributed by atoms with van der Waals surface area (Å²) in [6.45, 7) is 9.04. The predicted octanol–water partition coefficient (Wildman–Crippen LogP) is 2.88. The van der Waals surface area contributed by atoms with Crippen LogP contribution in [0.15, 0.2) is 29.2 Å². The summed E-state index contributed by atoms with van der Waals surface area (Å²) < 4.78 is 0. The first-order chi connectivity index (χ1) is 9.25. The summed E-state index contributed by atoms with van der Waals surface area (Å²) in [6, 6.07) is 8.54. The molecule has 0 saturated heterocycles. The van der Waals surface area contributed by atoms with Gasteiger partial charge in [-0.15, -0.1) is 11.8 Å². The molecular formula is C16H26N2OS. The summed E-state index contributed by atoms with van der Waals surface area (Å²) in [5, 5.41) is 0. The molecule has 20 heavy (non-hydrogen) atoms. The van der Waals surface area contributed by atoms with Crippen LogP contribution >= 0.6 is 11.8 Å². The van der Waals surface area contributed by atoms with Gasteiger partial charge in [-0.05, 0) is 30.0 Å². The van der Waals surface area contributed by atoms with Crippen LogP contribution in [0.3, 0.4) is 0 Å². The summed E-state index contributed by atoms with van der Waals surface area (Å²) in [7, 11) is 1.81. The molecule has 0 bridgehead atoms. The molecule has 1 rings (SSSR count). The van der Waals surface area contributed by atoms with Gasteiger partial charge in [0.2, 0.25) is 5.91 Å². The van der Waals surface area contributed by atoms with Crippen LogP contribution in [0.2, 0.25) is 0 Å². The van der Waals surface area contributed by atoms with Gasteiger partial charge in [0.25, 0.3) is 0 Å². The standard InChI is InChI=1S/C16H26N2OS/c1-12(10-17)18(5)15(19)11-20-14-8-6-13(7-9-14)16(2,3)4/h6-9,12H,10-11,17H2,1-5H3. The third-order valence-corrected chi connectivity index (χ3v) is 4.48. The van der Waals surface area contributed by atoms with Gasteiger partial charge >= 0.3 is 0 Å². The largest absolute Gasteiger partial charge is 0.341 e. The summed E-state index contributed by atoms with van der Waals surface area (Å²) in [5.74, 6) is 0.572. The van der Waals surface area contributed by atoms with Crippen molar-refractivity contribution in [2.24, 2.45) is 5.73 Å². The van der Waals surface area contributed by atoms with E-state index in [2.05, 4.69) is 45.0 Å². The second kappa shape index (κ2) is 7.14. The van der Waals surface area contributed by atoms with Crippen molar-refractivity contribution >= 4 is 17.7 Å². The minimum atomic E-state index is 0.0892. The van der Waals surface area contributed by atoms with Crippen LogP contribution in [-0.4, -0.2) is 36.2 Å². The highest BCUT2D eigenvalue weighted by molar-refractivity contribution is 8.00. The van der Waals surface area contributed by atoms with Gasteiger partial charge in [0.15, 0.2) is 0 Å². The molecule has 1 aromatic rings. The van der Waals surface area contributed by atoms with E-state index in [9.17, 15) is 4.79 Å². The van der Waals surface area contributed by atoms with Crippen molar-refractivity contribution in [3.8, 4) is 0 Å². The maximum atomic E-state index is 12.0. The fraction of sp³-hybridized carbons (Fsp3) is 0.562. The number of likely N-dealkylation sites (N-methyl/N-ethyl adjacent to an activating group) is 1. The lowest BCUT2D eigenvalue weighted by Gasteiger charge is -2.23. The van der Waals surface area contributed by atoms with E-state index in [1.54, 1.807) is 16.7 Å². The Balaban J connectivity index is 2.56. The molecule has 0 spiro atoms. The Bertz CT molecular complexity index is 437. The molecule has 0 aromatic heterocycles. The van der Waals surface area contributed by atoms with Crippen molar-refractivity contribution in [3.05, 3.63) is 29.8 Å². The van der Waals surface area contributed by atoms with Gasteiger partial charge in [0.1, 0.15) is 0 Å². The van der Waals surface area contributed by atoms with Crippen molar-refractivity contribution < 1.29 is 4.79 Å². The normalized spacial score (nSPS) is 13.1. The second-order valence-corrected chi connectivity index (χ2v) is 7.20. The van der Waals surface area contributed by atoms with Crippen molar-refractivity contribution in [1.29, 1.82) is 0 Å². The van der Waals surface area contributed by atoms with Gasteiger partial charge in [-0.2, -0.15) is 0 Å². The molecule has 1 amide bonds. The van der Waals surface area contributed by atoms with Crippen LogP contribution in [-0.2, 0) is 10.2 Å². The minimum Gasteiger partial charge on any atom is -0.341 e. The number of benzene rings is 1. The van der Waals surface area contributed by atoms with Crippen molar-refractivity contribution in [2.45, 2.75) is 44.0 Å². The van der Waals surface area contributed by atoms with Crippen LogP contribution in [0, 0.1) is 0 Å². The van der Waals surface area contributed by atoms with E-state index in [-0.39, 0.29) is 17.4 Å². The molecule has 1 unspecified atom stereocenters. The van der Waals surface area contributed by atoms with Gasteiger partial charge in [-0.25, -0.2) is 0 Å². The molecule has 0 radical (unpaired) electrons. The van der Waals surface area contributed by atoms with Crippen molar-refractivity contribution in [3.63, 3.8) is 0 Å². The van der Waals surface area contributed by atoms with Gasteiger partial charge in [-0.3, -0.25) is 4.79 Å². The molecule has 0 fully saturated rings. The maximum Gasteiger partial charge on any atom is 0.232 e. The van der Waals surface area contributed by atoms with Crippen LogP contribution in [0.5, 0.6) is 0 Å². The smallest absolute Gasteiger partial charge is 0.232 e. The average molecular weight is 294 g/mol. The van der Waals surface area contributed by atoms with E-state index in [0.29, 0.717) is 12.3 Å². The highest BCUT2D eigenvalue weighted by Gasteiger charge is 2.15. The first-order valence-electron chi connectivity index (χ1n) is 6.94. The summed E-state index contributed by atoms with van der Waals surface area (Å²) in [4.78, 5) is 14.8. The molecule has 4 heteroatoms. The Morgan fingerprint density at radius 1 is 1.30 bits per heavy atom. The number of carbonyl (C=O) groups excluding carboxylic acids is 1. The van der Waals surface area contributed by atoms with Gasteiger partial charge in [0, 0.05) is 24.5 Å². The van der Waals surface area contributed by atoms with Crippen LogP contribution in [0.1, 0.15) is 33.3 Å². The Labute approximate surface area is 126 Å². The number of thioether (sulfide) groups is 1. The summed E-state index contributed by atoms with van der Waals surface area (Å²) in [5.41, 5.74) is 7.04. The molecular weight excluding hydrogens is 268 g/mol. The van der Waals surface area contributed by atoms with Crippen LogP contribution in [0.25, 0.3) is 0 Å². The van der Waals surface area contributed by atoms with Gasteiger partial charge < -0.3 is 10.6 Å². The van der Waals surface area contributed by atoms with Crippen LogP contribution in [0.4, 0.5) is 0 Å². The molecule has 0 aliphatic carbocycles. The van der Waals surface area contributed by atoms with Crippen LogP contribution < -0.4 is 5.73 Å². The van der Waals surface area contributed by atoms with E-state index in [1.807, 2.05) is 14.0 Å². The summed E-state index contributed by atoms with van der Waals surface area (Å²) >= 11 is 1.57. The number of hydrogen-bond acceptors (Lipinski definition) is 3. The molecule has 0 heterocycles. The molecule has 0 aliphatic rings. The quantitative estimate of drug-likeness (QED) is 0.849. The monoisotopic (exact) mass is 294 g/mol. The first kappa shape index (κ1) is 17.1. The first-order valence-corrected chi connectivity index (χ1v) is 7.93. The third kappa shape index (κ3) is 4.84. The molecule has 1 atom stereocenters. The van der Waals surface area contributed by atoms with Gasteiger partial charge in [0.05, 0.1) is 5.75 Å². The lowest BCUT2D eigenvalue weighted by Crippen LogP contribution is -2.40. The fourth-order valence-electron chi connectivity index (χ4n) is 1.70. The average Bonchev–Trinajstić information content (AvgIpc) is 2.42. The SMILES string of the molecule is CC(CN)N(C)C(=O)CSc1ccc(C(C)(C)C)cc1. The van der Waals surface area contributed by atoms with Gasteiger partial charge in [-0.1, -0.05) is 32.9 Å². The van der Waals surface area contributed by atoms with Crippen molar-refractivity contribution in [1.82, 2.24) is 4.90 Å². The Kier molecular flexibility index (Phi) is 6.08. The number of amides is 1. The zero-order valence-electron chi connectivity index (χ0n) is 13.1. The number of nitrogens with zero attached hydrogens (tertiary/aromatic N) is 1. The van der Waals surface area contributed by atoms with Crippen molar-refractivity contribution in [2.75, 3.05) is 19.3 Å². The summed E-state index contributed by atoms with van der Waals surface area (Å²) in [6.07, 6.45) is 0. The van der Waals surface area contributed by atoms with E-state index < -0.39 is 0 Å². The maximum absolute atomic E-state index is 12.0. The highest BCUT2D eigenvalue weighted by atomic mass is 32.2. The van der Waals surface area contributed by atoms with E-state index >= 15 is 0 Å². The number of rotatable bonds is 5. The zero-order chi connectivity index (χ0) is 15.3. The fourth-order valence-corrected chi connectivity index (χ4v) is 2.52.